The predicted octanol–water partition coefficient (Wildman–Crippen LogP) is 8.37. The normalized spacial score (nSPS) is 24.7. The molecule has 4 amide bonds. The maximum Gasteiger partial charge on any atom is 0.433 e. The molecule has 8 rings (SSSR count). The van der Waals surface area contributed by atoms with E-state index < -0.39 is 76.3 Å². The number of amides is 4. The summed E-state index contributed by atoms with van der Waals surface area (Å²) in [7, 11) is 4.12. The number of hydrogen-bond donors (Lipinski definition) is 2. The number of phenolic OH excluding ortho intramolecular Hbond substituents is 1. The number of imide groups is 2. The molecule has 1 aromatic heterocycles. The van der Waals surface area contributed by atoms with Gasteiger partial charge in [0.25, 0.3) is 23.6 Å². The third-order valence-corrected chi connectivity index (χ3v) is 12.9. The molecule has 2 N–H and O–H groups in total. The number of hydrazine groups is 2. The average Bonchev–Trinajstić information content (AvgIpc) is 3.61. The highest BCUT2D eigenvalue weighted by molar-refractivity contribution is 6.36. The van der Waals surface area contributed by atoms with Gasteiger partial charge in [0.05, 0.1) is 53.1 Å². The first kappa shape index (κ1) is 41.9. The highest BCUT2D eigenvalue weighted by Gasteiger charge is 2.70. The number of allylic oxidation sites excluding steroid dienone is 3. The molecule has 12 nitrogen and oxygen atoms in total. The zero-order chi connectivity index (χ0) is 43.7. The van der Waals surface area contributed by atoms with Crippen LogP contribution in [0.5, 0.6) is 17.2 Å². The molecule has 3 aromatic carbocycles. The highest BCUT2D eigenvalue weighted by atomic mass is 35.5. The minimum Gasteiger partial charge on any atom is -0.504 e. The number of hydrogen-bond acceptors (Lipinski definition) is 10. The lowest BCUT2D eigenvalue weighted by Gasteiger charge is -2.49. The summed E-state index contributed by atoms with van der Waals surface area (Å²) < 4.78 is 52.0. The van der Waals surface area contributed by atoms with Gasteiger partial charge in [-0.3, -0.25) is 29.6 Å². The van der Waals surface area contributed by atoms with Crippen molar-refractivity contribution in [3.8, 4) is 17.2 Å². The number of halogens is 6. The second-order valence-electron chi connectivity index (χ2n) is 15.1. The molecule has 0 spiro atoms. The number of ether oxygens (including phenoxy) is 2. The van der Waals surface area contributed by atoms with Crippen molar-refractivity contribution in [2.24, 2.45) is 29.6 Å². The minimum absolute atomic E-state index is 0.0282. The number of fused-ring (bicyclic) bond motifs is 4. The minimum atomic E-state index is -4.84. The van der Waals surface area contributed by atoms with Crippen LogP contribution in [0.3, 0.4) is 0 Å². The average molecular weight is 897 g/mol. The maximum atomic E-state index is 15.4. The molecular weight excluding hydrogens is 862 g/mol. The van der Waals surface area contributed by atoms with E-state index in [0.29, 0.717) is 33.5 Å². The molecule has 0 radical (unpaired) electrons. The highest BCUT2D eigenvalue weighted by Crippen LogP contribution is 2.62. The van der Waals surface area contributed by atoms with Gasteiger partial charge in [-0.15, -0.1) is 0 Å². The molecule has 3 fully saturated rings. The number of anilines is 2. The molecule has 18 heteroatoms. The van der Waals surface area contributed by atoms with Crippen molar-refractivity contribution < 1.29 is 46.9 Å². The number of aromatic nitrogens is 1. The second-order valence-corrected chi connectivity index (χ2v) is 16.3. The van der Waals surface area contributed by atoms with E-state index in [2.05, 4.69) is 10.4 Å². The number of phenols is 1. The van der Waals surface area contributed by atoms with Gasteiger partial charge < -0.3 is 14.6 Å². The lowest BCUT2D eigenvalue weighted by Crippen LogP contribution is -2.54. The van der Waals surface area contributed by atoms with Crippen LogP contribution < -0.4 is 19.9 Å². The fourth-order valence-corrected chi connectivity index (χ4v) is 9.96. The Morgan fingerprint density at radius 3 is 2.31 bits per heavy atom. The summed E-state index contributed by atoms with van der Waals surface area (Å²) in [5.41, 5.74) is 1.84. The topological polar surface area (TPSA) is 142 Å². The van der Waals surface area contributed by atoms with E-state index >= 15 is 4.79 Å². The molecule has 4 aliphatic rings. The number of nitrogens with one attached hydrogen (secondary N) is 1. The third-order valence-electron chi connectivity index (χ3n) is 12.0. The summed E-state index contributed by atoms with van der Waals surface area (Å²) in [5, 5.41) is 13.2. The molecule has 2 aliphatic heterocycles. The zero-order valence-electron chi connectivity index (χ0n) is 32.4. The molecule has 0 bridgehead atoms. The first-order valence-electron chi connectivity index (χ1n) is 18.9. The van der Waals surface area contributed by atoms with Gasteiger partial charge in [0, 0.05) is 18.0 Å². The van der Waals surface area contributed by atoms with Crippen molar-refractivity contribution >= 4 is 76.0 Å². The van der Waals surface area contributed by atoms with Crippen molar-refractivity contribution in [3.05, 3.63) is 122 Å². The maximum absolute atomic E-state index is 15.4. The van der Waals surface area contributed by atoms with Crippen LogP contribution in [0.1, 0.15) is 29.7 Å². The Morgan fingerprint density at radius 1 is 0.902 bits per heavy atom. The number of aromatic hydroxyl groups is 1. The first-order valence-corrected chi connectivity index (χ1v) is 20.0. The van der Waals surface area contributed by atoms with Gasteiger partial charge >= 0.3 is 6.18 Å². The largest absolute Gasteiger partial charge is 0.504 e. The van der Waals surface area contributed by atoms with E-state index in [9.17, 15) is 32.7 Å². The number of pyridine rings is 1. The lowest BCUT2D eigenvalue weighted by molar-refractivity contribution is -0.142. The number of nitrogens with zero attached hydrogens (tertiary/aromatic N) is 4. The van der Waals surface area contributed by atoms with Gasteiger partial charge in [0.15, 0.2) is 17.3 Å². The van der Waals surface area contributed by atoms with Crippen LogP contribution in [0.2, 0.25) is 15.1 Å². The van der Waals surface area contributed by atoms with E-state index in [0.717, 1.165) is 21.1 Å². The molecule has 316 valence electrons. The van der Waals surface area contributed by atoms with Gasteiger partial charge in [0.1, 0.15) is 11.4 Å². The number of methoxy groups -OCH3 is 2. The SMILES string of the molecule is COc1ccc([C@@]23C(=O)N(Nc4ccc(Cl)cc4Cl)C(=O)[C@@H]2C[C@@H]2C(=CC[C@@H]4C(=O)N(N(C)c5nc(C(F)(F)F)ccc5Cl)C(=O)[C@@H]42)[C@@H]3C=Cc2ccc(O)c(OC)c2)cc1. The summed E-state index contributed by atoms with van der Waals surface area (Å²) in [6, 6.07) is 17.6. The number of benzene rings is 3. The number of rotatable bonds is 9. The van der Waals surface area contributed by atoms with Crippen LogP contribution in [0, 0.1) is 29.6 Å². The zero-order valence-corrected chi connectivity index (χ0v) is 34.7. The van der Waals surface area contributed by atoms with Crippen LogP contribution in [0.4, 0.5) is 24.7 Å². The Morgan fingerprint density at radius 2 is 1.64 bits per heavy atom. The van der Waals surface area contributed by atoms with Crippen molar-refractivity contribution in [3.63, 3.8) is 0 Å². The first-order chi connectivity index (χ1) is 29.0. The Bertz CT molecular complexity index is 2560. The summed E-state index contributed by atoms with van der Waals surface area (Å²) in [6.45, 7) is 0. The smallest absolute Gasteiger partial charge is 0.433 e. The number of carbonyl (C=O) groups excluding carboxylic acids is 4. The van der Waals surface area contributed by atoms with Crippen LogP contribution in [0.15, 0.2) is 90.5 Å². The Hall–Kier alpha value is -5.77. The third kappa shape index (κ3) is 6.82. The molecule has 4 aromatic rings. The number of alkyl halides is 3. The molecule has 0 unspecified atom stereocenters. The van der Waals surface area contributed by atoms with Crippen molar-refractivity contribution in [1.29, 1.82) is 0 Å². The quantitative estimate of drug-likeness (QED) is 0.124. The van der Waals surface area contributed by atoms with Crippen molar-refractivity contribution in [2.45, 2.75) is 24.4 Å². The summed E-state index contributed by atoms with van der Waals surface area (Å²) >= 11 is 19.0. The summed E-state index contributed by atoms with van der Waals surface area (Å²) in [5.74, 6) is -7.53. The van der Waals surface area contributed by atoms with Crippen molar-refractivity contribution in [1.82, 2.24) is 15.0 Å². The second kappa shape index (κ2) is 15.6. The fourth-order valence-electron chi connectivity index (χ4n) is 9.28. The summed E-state index contributed by atoms with van der Waals surface area (Å²) in [6.07, 6.45) is 0.409. The molecule has 2 saturated heterocycles. The van der Waals surface area contributed by atoms with Gasteiger partial charge in [-0.25, -0.2) is 4.98 Å². The Labute approximate surface area is 362 Å². The van der Waals surface area contributed by atoms with Crippen LogP contribution in [-0.2, 0) is 30.8 Å². The Balaban J connectivity index is 1.28. The van der Waals surface area contributed by atoms with Gasteiger partial charge in [0.2, 0.25) is 0 Å². The van der Waals surface area contributed by atoms with Crippen LogP contribution >= 0.6 is 34.8 Å². The number of carbonyl (C=O) groups is 4. The van der Waals surface area contributed by atoms with Gasteiger partial charge in [-0.2, -0.15) is 23.2 Å². The van der Waals surface area contributed by atoms with Crippen molar-refractivity contribution in [2.75, 3.05) is 31.7 Å². The van der Waals surface area contributed by atoms with E-state index in [1.807, 2.05) is 6.08 Å². The van der Waals surface area contributed by atoms with E-state index in [1.165, 1.54) is 45.5 Å². The van der Waals surface area contributed by atoms with E-state index in [4.69, 9.17) is 44.3 Å². The van der Waals surface area contributed by atoms with Crippen LogP contribution in [-0.4, -0.2) is 65.0 Å². The van der Waals surface area contributed by atoms with Gasteiger partial charge in [-0.1, -0.05) is 76.8 Å². The lowest BCUT2D eigenvalue weighted by atomic mass is 9.50. The fraction of sp³-hybridized carbons (Fsp3) is 0.279. The van der Waals surface area contributed by atoms with E-state index in [1.54, 1.807) is 48.6 Å². The van der Waals surface area contributed by atoms with Gasteiger partial charge in [-0.05, 0) is 84.5 Å². The molecule has 6 atom stereocenters. The summed E-state index contributed by atoms with van der Waals surface area (Å²) in [4.78, 5) is 63.0. The standard InChI is InChI=1S/C43H35Cl3F3N5O7/c1-52(37-30(45)14-17-35(50-37)43(47,48)49)54-38(56)26-12-11-25-27(36(26)40(54)58)20-29-39(57)53(51-32-15-8-23(44)19-31(32)46)41(59)42(29,22-6-9-24(60-2)10-7-22)28(25)13-4-21-5-16-33(55)34(18-21)61-3/h4-11,13-19,26-29,36,51,55H,12,20H2,1-3H3/t26-,27+,28-,29-,36-,42-/m0/s1. The monoisotopic (exact) mass is 895 g/mol. The Kier molecular flexibility index (Phi) is 10.7. The molecule has 2 aliphatic carbocycles. The molecule has 3 heterocycles. The van der Waals surface area contributed by atoms with Crippen LogP contribution in [0.25, 0.3) is 6.08 Å². The molecule has 61 heavy (non-hydrogen) atoms. The molecule has 1 saturated carbocycles. The molecular formula is C43H35Cl3F3N5O7. The predicted molar refractivity (Wildman–Crippen MR) is 220 cm³/mol. The van der Waals surface area contributed by atoms with E-state index in [-0.39, 0.29) is 40.1 Å².